The van der Waals surface area contributed by atoms with Gasteiger partial charge in [-0.25, -0.2) is 0 Å². The highest BCUT2D eigenvalue weighted by Gasteiger charge is 2.20. The Kier molecular flexibility index (Phi) is 5.56. The molecule has 1 atom stereocenters. The van der Waals surface area contributed by atoms with Gasteiger partial charge in [-0.1, -0.05) is 17.7 Å². The maximum absolute atomic E-state index is 11.4. The number of nitrogens with zero attached hydrogens (tertiary/aromatic N) is 1. The van der Waals surface area contributed by atoms with Crippen molar-refractivity contribution < 1.29 is 9.72 Å². The van der Waals surface area contributed by atoms with E-state index < -0.39 is 4.92 Å². The van der Waals surface area contributed by atoms with Crippen LogP contribution in [-0.2, 0) is 11.2 Å². The first kappa shape index (κ1) is 14.9. The molecule has 1 aromatic carbocycles. The van der Waals surface area contributed by atoms with Gasteiger partial charge in [-0.15, -0.1) is 11.6 Å². The Balaban J connectivity index is 3.01. The molecular weight excluding hydrogens is 277 g/mol. The van der Waals surface area contributed by atoms with Crippen LogP contribution < -0.4 is 0 Å². The summed E-state index contributed by atoms with van der Waals surface area (Å²) >= 11 is 11.4. The topological polar surface area (TPSA) is 60.2 Å². The van der Waals surface area contributed by atoms with Crippen LogP contribution >= 0.6 is 23.2 Å². The second-order valence-electron chi connectivity index (χ2n) is 4.02. The van der Waals surface area contributed by atoms with Crippen LogP contribution in [0.5, 0.6) is 0 Å². The predicted molar refractivity (Wildman–Crippen MR) is 71.3 cm³/mol. The van der Waals surface area contributed by atoms with Crippen LogP contribution in [0.3, 0.4) is 0 Å². The highest BCUT2D eigenvalue weighted by atomic mass is 35.5. The van der Waals surface area contributed by atoms with Gasteiger partial charge in [0.05, 0.1) is 4.92 Å². The Bertz CT molecular complexity index is 463. The fraction of sp³-hybridized carbons (Fsp3) is 0.417. The zero-order valence-corrected chi connectivity index (χ0v) is 11.4. The third-order valence-corrected chi connectivity index (χ3v) is 3.20. The van der Waals surface area contributed by atoms with Crippen molar-refractivity contribution in [3.05, 3.63) is 38.9 Å². The summed E-state index contributed by atoms with van der Waals surface area (Å²) in [6.07, 6.45) is 0.826. The number of Topliss-reactive ketones (excluding diaryl/α,β-unsaturated/α-hetero) is 1. The van der Waals surface area contributed by atoms with E-state index in [0.29, 0.717) is 29.3 Å². The largest absolute Gasteiger partial charge is 0.300 e. The third-order valence-electron chi connectivity index (χ3n) is 2.74. The number of benzene rings is 1. The van der Waals surface area contributed by atoms with Crippen molar-refractivity contribution in [2.75, 3.05) is 5.88 Å². The third kappa shape index (κ3) is 3.96. The molecule has 0 saturated carbocycles. The van der Waals surface area contributed by atoms with E-state index in [9.17, 15) is 14.9 Å². The van der Waals surface area contributed by atoms with E-state index >= 15 is 0 Å². The Hall–Kier alpha value is -1.13. The molecule has 1 aromatic rings. The van der Waals surface area contributed by atoms with Gasteiger partial charge in [0, 0.05) is 28.5 Å². The molecule has 0 saturated heterocycles. The Morgan fingerprint density at radius 3 is 2.67 bits per heavy atom. The first-order valence-electron chi connectivity index (χ1n) is 5.45. The molecule has 1 unspecified atom stereocenters. The van der Waals surface area contributed by atoms with Crippen molar-refractivity contribution in [2.45, 2.75) is 19.8 Å². The van der Waals surface area contributed by atoms with Gasteiger partial charge in [-0.3, -0.25) is 14.9 Å². The minimum Gasteiger partial charge on any atom is -0.300 e. The molecule has 0 aliphatic carbocycles. The Morgan fingerprint density at radius 1 is 1.50 bits per heavy atom. The van der Waals surface area contributed by atoms with Crippen molar-refractivity contribution in [1.82, 2.24) is 0 Å². The average molecular weight is 290 g/mol. The van der Waals surface area contributed by atoms with E-state index in [1.165, 1.54) is 13.0 Å². The summed E-state index contributed by atoms with van der Waals surface area (Å²) in [5, 5.41) is 11.2. The van der Waals surface area contributed by atoms with Gasteiger partial charge in [0.1, 0.15) is 5.78 Å². The molecular formula is C12H13Cl2NO3. The number of nitro benzene ring substituents is 1. The summed E-state index contributed by atoms with van der Waals surface area (Å²) in [6, 6.07) is 4.47. The van der Waals surface area contributed by atoms with E-state index in [0.717, 1.165) is 0 Å². The maximum Gasteiger partial charge on any atom is 0.274 e. The van der Waals surface area contributed by atoms with Crippen LogP contribution in [0.25, 0.3) is 0 Å². The SMILES string of the molecule is CC(=O)C(CCCl)Cc1ccc(Cl)cc1[N+](=O)[O-]. The molecule has 0 amide bonds. The van der Waals surface area contributed by atoms with Crippen molar-refractivity contribution in [1.29, 1.82) is 0 Å². The van der Waals surface area contributed by atoms with E-state index in [1.807, 2.05) is 0 Å². The zero-order valence-electron chi connectivity index (χ0n) is 9.86. The number of ketones is 1. The van der Waals surface area contributed by atoms with Gasteiger partial charge in [-0.2, -0.15) is 0 Å². The van der Waals surface area contributed by atoms with Crippen LogP contribution in [0, 0.1) is 16.0 Å². The molecule has 0 N–H and O–H groups in total. The van der Waals surface area contributed by atoms with E-state index in [-0.39, 0.29) is 17.4 Å². The smallest absolute Gasteiger partial charge is 0.274 e. The summed E-state index contributed by atoms with van der Waals surface area (Å²) < 4.78 is 0. The summed E-state index contributed by atoms with van der Waals surface area (Å²) in [6.45, 7) is 1.47. The van der Waals surface area contributed by atoms with Crippen LogP contribution in [0.15, 0.2) is 18.2 Å². The highest BCUT2D eigenvalue weighted by Crippen LogP contribution is 2.26. The lowest BCUT2D eigenvalue weighted by molar-refractivity contribution is -0.385. The minimum absolute atomic E-state index is 0.0140. The first-order chi connectivity index (χ1) is 8.45. The number of carbonyl (C=O) groups is 1. The monoisotopic (exact) mass is 289 g/mol. The first-order valence-corrected chi connectivity index (χ1v) is 6.36. The predicted octanol–water partition coefficient (Wildman–Crippen LogP) is 3.62. The lowest BCUT2D eigenvalue weighted by Crippen LogP contribution is -2.15. The summed E-state index contributed by atoms with van der Waals surface area (Å²) in [7, 11) is 0. The average Bonchev–Trinajstić information content (AvgIpc) is 2.30. The lowest BCUT2D eigenvalue weighted by Gasteiger charge is -2.12. The second-order valence-corrected chi connectivity index (χ2v) is 4.83. The molecule has 6 heteroatoms. The quantitative estimate of drug-likeness (QED) is 0.456. The zero-order chi connectivity index (χ0) is 13.7. The molecule has 98 valence electrons. The molecule has 18 heavy (non-hydrogen) atoms. The molecule has 0 spiro atoms. The van der Waals surface area contributed by atoms with Crippen molar-refractivity contribution in [2.24, 2.45) is 5.92 Å². The van der Waals surface area contributed by atoms with Crippen LogP contribution in [0.4, 0.5) is 5.69 Å². The summed E-state index contributed by atoms with van der Waals surface area (Å²) in [5.41, 5.74) is 0.457. The van der Waals surface area contributed by atoms with Gasteiger partial charge in [0.2, 0.25) is 0 Å². The number of rotatable bonds is 6. The standard InChI is InChI=1S/C12H13Cl2NO3/c1-8(16)9(4-5-13)6-10-2-3-11(14)7-12(10)15(17)18/h2-3,7,9H,4-6H2,1H3. The minimum atomic E-state index is -0.487. The van der Waals surface area contributed by atoms with Crippen LogP contribution in [-0.4, -0.2) is 16.6 Å². The number of hydrogen-bond acceptors (Lipinski definition) is 3. The Labute approximate surface area is 115 Å². The Morgan fingerprint density at radius 2 is 2.17 bits per heavy atom. The number of halogens is 2. The van der Waals surface area contributed by atoms with Gasteiger partial charge >= 0.3 is 0 Å². The van der Waals surface area contributed by atoms with Crippen LogP contribution in [0.2, 0.25) is 5.02 Å². The molecule has 1 rings (SSSR count). The summed E-state index contributed by atoms with van der Waals surface area (Å²) in [5.74, 6) is 0.0494. The molecule has 0 fully saturated rings. The number of alkyl halides is 1. The van der Waals surface area contributed by atoms with Crippen molar-refractivity contribution in [3.8, 4) is 0 Å². The highest BCUT2D eigenvalue weighted by molar-refractivity contribution is 6.30. The normalized spacial score (nSPS) is 12.2. The fourth-order valence-electron chi connectivity index (χ4n) is 1.73. The molecule has 0 bridgehead atoms. The number of carbonyl (C=O) groups excluding carboxylic acids is 1. The van der Waals surface area contributed by atoms with Crippen molar-refractivity contribution >= 4 is 34.7 Å². The molecule has 0 heterocycles. The van der Waals surface area contributed by atoms with Gasteiger partial charge in [0.25, 0.3) is 5.69 Å². The van der Waals surface area contributed by atoms with E-state index in [2.05, 4.69) is 0 Å². The van der Waals surface area contributed by atoms with E-state index in [4.69, 9.17) is 23.2 Å². The summed E-state index contributed by atoms with van der Waals surface area (Å²) in [4.78, 5) is 21.9. The lowest BCUT2D eigenvalue weighted by atomic mass is 9.93. The van der Waals surface area contributed by atoms with Gasteiger partial charge < -0.3 is 0 Å². The molecule has 0 radical (unpaired) electrons. The maximum atomic E-state index is 11.4. The van der Waals surface area contributed by atoms with Gasteiger partial charge in [-0.05, 0) is 25.8 Å². The molecule has 4 nitrogen and oxygen atoms in total. The molecule has 0 aromatic heterocycles. The van der Waals surface area contributed by atoms with Gasteiger partial charge in [0.15, 0.2) is 0 Å². The van der Waals surface area contributed by atoms with Crippen molar-refractivity contribution in [3.63, 3.8) is 0 Å². The fourth-order valence-corrected chi connectivity index (χ4v) is 2.16. The molecule has 0 aliphatic heterocycles. The molecule has 0 aliphatic rings. The van der Waals surface area contributed by atoms with Crippen LogP contribution in [0.1, 0.15) is 18.9 Å². The number of hydrogen-bond donors (Lipinski definition) is 0. The number of nitro groups is 1. The van der Waals surface area contributed by atoms with E-state index in [1.54, 1.807) is 12.1 Å². The second kappa shape index (κ2) is 6.71.